The first-order valence-electron chi connectivity index (χ1n) is 2.99. The van der Waals surface area contributed by atoms with Gasteiger partial charge in [-0.1, -0.05) is 18.2 Å². The highest BCUT2D eigenvalue weighted by Gasteiger charge is 2.28. The van der Waals surface area contributed by atoms with Crippen molar-refractivity contribution in [3.05, 3.63) is 34.9 Å². The van der Waals surface area contributed by atoms with E-state index in [4.69, 9.17) is 17.3 Å². The zero-order valence-corrected chi connectivity index (χ0v) is 6.07. The summed E-state index contributed by atoms with van der Waals surface area (Å²) >= 11 is 5.81. The number of nitrogen functional groups attached to an aromatic ring is 1. The van der Waals surface area contributed by atoms with Gasteiger partial charge in [-0.05, 0) is 17.7 Å². The molecule has 0 aromatic heterocycles. The Balaban J connectivity index is 2.75. The van der Waals surface area contributed by atoms with Crippen LogP contribution in [-0.4, -0.2) is 0 Å². The number of nitrogens with two attached hydrogens (primary N) is 1. The Hall–Kier alpha value is -0.950. The first kappa shape index (κ1) is 5.81. The average Bonchev–Trinajstić information content (AvgIpc) is 2.55. The summed E-state index contributed by atoms with van der Waals surface area (Å²) < 4.78 is 0. The molecule has 1 aliphatic carbocycles. The standard InChI is InChI=1S/C8H6ClN/c1-4-7-5(9)2-3-6(10)8(4)7/h2-3H,1,10H2. The third kappa shape index (κ3) is 0.531. The van der Waals surface area contributed by atoms with Gasteiger partial charge in [0.05, 0.1) is 0 Å². The van der Waals surface area contributed by atoms with Crippen molar-refractivity contribution in [1.82, 2.24) is 0 Å². The Labute approximate surface area is 64.1 Å². The number of halogens is 1. The van der Waals surface area contributed by atoms with Crippen LogP contribution in [0.25, 0.3) is 5.57 Å². The highest BCUT2D eigenvalue weighted by Crippen LogP contribution is 2.48. The van der Waals surface area contributed by atoms with Gasteiger partial charge in [-0.25, -0.2) is 0 Å². The molecule has 1 nitrogen and oxygen atoms in total. The van der Waals surface area contributed by atoms with Gasteiger partial charge in [0.2, 0.25) is 0 Å². The Morgan fingerprint density at radius 1 is 1.30 bits per heavy atom. The van der Waals surface area contributed by atoms with Crippen LogP contribution in [0, 0.1) is 0 Å². The van der Waals surface area contributed by atoms with E-state index in [1.54, 1.807) is 12.1 Å². The smallest absolute Gasteiger partial charge is 0.0492 e. The molecule has 0 spiro atoms. The summed E-state index contributed by atoms with van der Waals surface area (Å²) in [6, 6.07) is 3.60. The van der Waals surface area contributed by atoms with E-state index in [0.717, 1.165) is 27.4 Å². The van der Waals surface area contributed by atoms with Gasteiger partial charge in [-0.2, -0.15) is 0 Å². The molecule has 0 aliphatic heterocycles. The minimum Gasteiger partial charge on any atom is -0.398 e. The molecule has 2 N–H and O–H groups in total. The predicted molar refractivity (Wildman–Crippen MR) is 44.0 cm³/mol. The topological polar surface area (TPSA) is 26.0 Å². The molecule has 50 valence electrons. The van der Waals surface area contributed by atoms with Crippen LogP contribution in [0.3, 0.4) is 0 Å². The van der Waals surface area contributed by atoms with Crippen LogP contribution in [0.1, 0.15) is 11.1 Å². The van der Waals surface area contributed by atoms with E-state index in [2.05, 4.69) is 6.58 Å². The van der Waals surface area contributed by atoms with Crippen LogP contribution in [0.15, 0.2) is 18.7 Å². The van der Waals surface area contributed by atoms with E-state index in [9.17, 15) is 0 Å². The van der Waals surface area contributed by atoms with Crippen molar-refractivity contribution in [3.63, 3.8) is 0 Å². The van der Waals surface area contributed by atoms with E-state index in [-0.39, 0.29) is 0 Å². The molecule has 0 unspecified atom stereocenters. The number of hydrogen-bond donors (Lipinski definition) is 1. The first-order chi connectivity index (χ1) is 4.72. The fraction of sp³-hybridized carbons (Fsp3) is 0. The van der Waals surface area contributed by atoms with Crippen LogP contribution >= 0.6 is 11.6 Å². The molecule has 0 radical (unpaired) electrons. The molecule has 10 heavy (non-hydrogen) atoms. The van der Waals surface area contributed by atoms with Crippen LogP contribution in [0.2, 0.25) is 5.02 Å². The Bertz CT molecular complexity index is 297. The molecule has 1 aromatic carbocycles. The van der Waals surface area contributed by atoms with Crippen molar-refractivity contribution < 1.29 is 0 Å². The third-order valence-corrected chi connectivity index (χ3v) is 2.04. The minimum absolute atomic E-state index is 0.759. The lowest BCUT2D eigenvalue weighted by molar-refractivity contribution is 1.72. The van der Waals surface area contributed by atoms with E-state index in [0.29, 0.717) is 0 Å². The van der Waals surface area contributed by atoms with Gasteiger partial charge in [0.15, 0.2) is 0 Å². The molecular formula is C8H6ClN. The fourth-order valence-electron chi connectivity index (χ4n) is 1.14. The molecule has 1 aromatic rings. The number of hydrogen-bond acceptors (Lipinski definition) is 1. The predicted octanol–water partition coefficient (Wildman–Crippen LogP) is 2.30. The second kappa shape index (κ2) is 1.55. The van der Waals surface area contributed by atoms with E-state index in [1.165, 1.54) is 0 Å². The summed E-state index contributed by atoms with van der Waals surface area (Å²) in [7, 11) is 0. The highest BCUT2D eigenvalue weighted by molar-refractivity contribution is 6.35. The normalized spacial score (nSPS) is 13.1. The number of rotatable bonds is 0. The van der Waals surface area contributed by atoms with Crippen molar-refractivity contribution in [2.75, 3.05) is 5.73 Å². The van der Waals surface area contributed by atoms with Crippen molar-refractivity contribution in [2.45, 2.75) is 0 Å². The average molecular weight is 152 g/mol. The number of anilines is 1. The molecule has 0 heterocycles. The molecule has 0 saturated carbocycles. The van der Waals surface area contributed by atoms with Crippen LogP contribution in [-0.2, 0) is 0 Å². The van der Waals surface area contributed by atoms with Gasteiger partial charge >= 0.3 is 0 Å². The Kier molecular flexibility index (Phi) is 0.902. The summed E-state index contributed by atoms with van der Waals surface area (Å²) in [5.41, 5.74) is 9.48. The zero-order chi connectivity index (χ0) is 7.30. The molecule has 1 aliphatic rings. The maximum absolute atomic E-state index is 5.81. The molecule has 0 fully saturated rings. The quantitative estimate of drug-likeness (QED) is 0.575. The lowest BCUT2D eigenvalue weighted by Gasteiger charge is -1.87. The maximum Gasteiger partial charge on any atom is 0.0492 e. The van der Waals surface area contributed by atoms with E-state index < -0.39 is 0 Å². The summed E-state index contributed by atoms with van der Waals surface area (Å²) in [6.45, 7) is 3.79. The zero-order valence-electron chi connectivity index (χ0n) is 5.32. The van der Waals surface area contributed by atoms with E-state index >= 15 is 0 Å². The molecule has 2 rings (SSSR count). The number of fused-ring (bicyclic) bond motifs is 1. The summed E-state index contributed by atoms with van der Waals surface area (Å²) in [4.78, 5) is 0. The fourth-order valence-corrected chi connectivity index (χ4v) is 1.41. The maximum atomic E-state index is 5.81. The molecule has 0 bridgehead atoms. The Morgan fingerprint density at radius 3 is 2.60 bits per heavy atom. The summed E-state index contributed by atoms with van der Waals surface area (Å²) in [5, 5.41) is 0.759. The van der Waals surface area contributed by atoms with Crippen LogP contribution in [0.5, 0.6) is 0 Å². The van der Waals surface area contributed by atoms with Crippen molar-refractivity contribution in [2.24, 2.45) is 0 Å². The SMILES string of the molecule is C=C1c2c(N)ccc(Cl)c21. The molecular weight excluding hydrogens is 146 g/mol. The molecule has 2 heteroatoms. The monoisotopic (exact) mass is 151 g/mol. The van der Waals surface area contributed by atoms with Crippen molar-refractivity contribution >= 4 is 22.9 Å². The van der Waals surface area contributed by atoms with Gasteiger partial charge < -0.3 is 5.73 Å². The number of benzene rings is 1. The highest BCUT2D eigenvalue weighted by atomic mass is 35.5. The lowest BCUT2D eigenvalue weighted by atomic mass is 10.3. The third-order valence-electron chi connectivity index (χ3n) is 1.73. The molecule has 0 saturated heterocycles. The summed E-state index contributed by atoms with van der Waals surface area (Å²) in [6.07, 6.45) is 0. The molecule has 0 amide bonds. The second-order valence-electron chi connectivity index (χ2n) is 2.37. The van der Waals surface area contributed by atoms with E-state index in [1.807, 2.05) is 0 Å². The van der Waals surface area contributed by atoms with Gasteiger partial charge in [0, 0.05) is 21.8 Å². The van der Waals surface area contributed by atoms with Gasteiger partial charge in [0.1, 0.15) is 0 Å². The second-order valence-corrected chi connectivity index (χ2v) is 2.77. The largest absolute Gasteiger partial charge is 0.398 e. The first-order valence-corrected chi connectivity index (χ1v) is 3.37. The lowest BCUT2D eigenvalue weighted by Crippen LogP contribution is -1.81. The summed E-state index contributed by atoms with van der Waals surface area (Å²) in [5.74, 6) is 0. The van der Waals surface area contributed by atoms with Gasteiger partial charge in [0.25, 0.3) is 0 Å². The Morgan fingerprint density at radius 2 is 2.00 bits per heavy atom. The van der Waals surface area contributed by atoms with Crippen LogP contribution in [0.4, 0.5) is 5.69 Å². The molecule has 0 atom stereocenters. The van der Waals surface area contributed by atoms with Crippen molar-refractivity contribution in [1.29, 1.82) is 0 Å². The minimum atomic E-state index is 0.759. The van der Waals surface area contributed by atoms with Crippen LogP contribution < -0.4 is 5.73 Å². The van der Waals surface area contributed by atoms with Gasteiger partial charge in [-0.3, -0.25) is 0 Å². The van der Waals surface area contributed by atoms with Crippen molar-refractivity contribution in [3.8, 4) is 0 Å². The van der Waals surface area contributed by atoms with Gasteiger partial charge in [-0.15, -0.1) is 0 Å².